The van der Waals surface area contributed by atoms with Crippen molar-refractivity contribution in [3.8, 4) is 0 Å². The summed E-state index contributed by atoms with van der Waals surface area (Å²) in [5, 5.41) is 9.75. The summed E-state index contributed by atoms with van der Waals surface area (Å²) in [7, 11) is 0. The smallest absolute Gasteiger partial charge is 0.235 e. The molecule has 4 nitrogen and oxygen atoms in total. The first kappa shape index (κ1) is 9.52. The minimum atomic E-state index is -0.158. The third-order valence-corrected chi connectivity index (χ3v) is 2.49. The molecule has 2 N–H and O–H groups in total. The van der Waals surface area contributed by atoms with Crippen molar-refractivity contribution < 1.29 is 4.79 Å². The Hall–Kier alpha value is -1.03. The number of hydrogen-bond acceptors (Lipinski definition) is 2. The highest BCUT2D eigenvalue weighted by Gasteiger charge is 2.25. The number of carbonyl (C=O) groups excluding carboxylic acids is 1. The summed E-state index contributed by atoms with van der Waals surface area (Å²) in [5.41, 5.74) is 2.05. The van der Waals surface area contributed by atoms with E-state index in [1.54, 1.807) is 0 Å². The van der Waals surface area contributed by atoms with E-state index in [1.807, 2.05) is 6.07 Å². The third-order valence-electron chi connectivity index (χ3n) is 2.24. The van der Waals surface area contributed by atoms with Gasteiger partial charge in [-0.2, -0.15) is 5.10 Å². The van der Waals surface area contributed by atoms with Crippen molar-refractivity contribution in [3.05, 3.63) is 17.5 Å². The Morgan fingerprint density at radius 2 is 2.50 bits per heavy atom. The van der Waals surface area contributed by atoms with Crippen LogP contribution in [0.4, 0.5) is 0 Å². The molecule has 76 valence electrons. The van der Waals surface area contributed by atoms with Crippen LogP contribution in [-0.2, 0) is 11.3 Å². The number of aromatic amines is 1. The monoisotopic (exact) mass is 213 g/mol. The average molecular weight is 214 g/mol. The molecule has 0 spiro atoms. The maximum absolute atomic E-state index is 10.9. The quantitative estimate of drug-likeness (QED) is 0.737. The van der Waals surface area contributed by atoms with Gasteiger partial charge in [-0.05, 0) is 18.9 Å². The van der Waals surface area contributed by atoms with E-state index in [0.717, 1.165) is 11.4 Å². The van der Waals surface area contributed by atoms with Crippen LogP contribution in [0.15, 0.2) is 6.07 Å². The molecule has 0 bridgehead atoms. The standard InChI is InChI=1S/C9H12ClN3O/c10-4-9(14)11-5-7-3-8(13-12-7)6-1-2-6/h3,6H,1-2,4-5H2,(H,11,14)(H,12,13). The average Bonchev–Trinajstić information content (AvgIpc) is 2.95. The van der Waals surface area contributed by atoms with Crippen LogP contribution in [0, 0.1) is 0 Å². The highest BCUT2D eigenvalue weighted by atomic mass is 35.5. The number of halogens is 1. The summed E-state index contributed by atoms with van der Waals surface area (Å²) in [5.74, 6) is 0.488. The number of hydrogen-bond donors (Lipinski definition) is 2. The number of nitrogens with zero attached hydrogens (tertiary/aromatic N) is 1. The second kappa shape index (κ2) is 4.00. The van der Waals surface area contributed by atoms with Gasteiger partial charge in [0.25, 0.3) is 0 Å². The second-order valence-corrected chi connectivity index (χ2v) is 3.77. The van der Waals surface area contributed by atoms with E-state index < -0.39 is 0 Å². The fourth-order valence-corrected chi connectivity index (χ4v) is 1.39. The molecule has 5 heteroatoms. The molecule has 0 aromatic carbocycles. The predicted molar refractivity (Wildman–Crippen MR) is 53.1 cm³/mol. The Kier molecular flexibility index (Phi) is 2.72. The highest BCUT2D eigenvalue weighted by molar-refractivity contribution is 6.27. The van der Waals surface area contributed by atoms with Crippen molar-refractivity contribution in [1.82, 2.24) is 15.5 Å². The number of H-pyrrole nitrogens is 1. The Morgan fingerprint density at radius 3 is 3.14 bits per heavy atom. The zero-order chi connectivity index (χ0) is 9.97. The largest absolute Gasteiger partial charge is 0.349 e. The number of carbonyl (C=O) groups is 1. The molecule has 0 aliphatic heterocycles. The molecule has 1 aromatic rings. The maximum atomic E-state index is 10.9. The molecule has 0 unspecified atom stereocenters. The molecule has 0 saturated heterocycles. The molecule has 1 aromatic heterocycles. The normalized spacial score (nSPS) is 15.5. The van der Waals surface area contributed by atoms with Crippen LogP contribution in [0.2, 0.25) is 0 Å². The first-order chi connectivity index (χ1) is 6.79. The highest BCUT2D eigenvalue weighted by Crippen LogP contribution is 2.38. The predicted octanol–water partition coefficient (Wildman–Crippen LogP) is 1.14. The van der Waals surface area contributed by atoms with Gasteiger partial charge in [-0.25, -0.2) is 0 Å². The Morgan fingerprint density at radius 1 is 1.71 bits per heavy atom. The molecule has 1 aliphatic carbocycles. The van der Waals surface area contributed by atoms with Gasteiger partial charge in [-0.1, -0.05) is 0 Å². The van der Waals surface area contributed by atoms with Crippen LogP contribution in [0.25, 0.3) is 0 Å². The molecule has 1 amide bonds. The summed E-state index contributed by atoms with van der Waals surface area (Å²) in [4.78, 5) is 10.9. The molecular formula is C9H12ClN3O. The molecule has 14 heavy (non-hydrogen) atoms. The van der Waals surface area contributed by atoms with E-state index in [9.17, 15) is 4.79 Å². The van der Waals surface area contributed by atoms with E-state index in [4.69, 9.17) is 11.6 Å². The second-order valence-electron chi connectivity index (χ2n) is 3.50. The number of nitrogens with one attached hydrogen (secondary N) is 2. The van der Waals surface area contributed by atoms with E-state index in [0.29, 0.717) is 12.5 Å². The van der Waals surface area contributed by atoms with Crippen LogP contribution in [-0.4, -0.2) is 22.0 Å². The summed E-state index contributed by atoms with van der Waals surface area (Å²) in [6, 6.07) is 2.01. The van der Waals surface area contributed by atoms with Gasteiger partial charge in [0.1, 0.15) is 5.88 Å². The Labute approximate surface area is 87.0 Å². The minimum Gasteiger partial charge on any atom is -0.349 e. The lowest BCUT2D eigenvalue weighted by Crippen LogP contribution is -2.23. The molecule has 1 aliphatic rings. The molecule has 0 radical (unpaired) electrons. The molecule has 1 fully saturated rings. The van der Waals surface area contributed by atoms with E-state index >= 15 is 0 Å². The van der Waals surface area contributed by atoms with Gasteiger partial charge in [-0.3, -0.25) is 9.89 Å². The van der Waals surface area contributed by atoms with E-state index in [-0.39, 0.29) is 11.8 Å². The Balaban J connectivity index is 1.86. The lowest BCUT2D eigenvalue weighted by atomic mass is 10.3. The molecule has 1 saturated carbocycles. The number of aromatic nitrogens is 2. The van der Waals surface area contributed by atoms with Gasteiger partial charge < -0.3 is 5.32 Å². The Bertz CT molecular complexity index is 333. The van der Waals surface area contributed by atoms with Crippen LogP contribution in [0.3, 0.4) is 0 Å². The number of rotatable bonds is 4. The van der Waals surface area contributed by atoms with Crippen molar-refractivity contribution >= 4 is 17.5 Å². The van der Waals surface area contributed by atoms with Crippen molar-refractivity contribution in [1.29, 1.82) is 0 Å². The maximum Gasteiger partial charge on any atom is 0.235 e. The lowest BCUT2D eigenvalue weighted by molar-refractivity contribution is -0.118. The van der Waals surface area contributed by atoms with Gasteiger partial charge in [0.2, 0.25) is 5.91 Å². The van der Waals surface area contributed by atoms with Crippen LogP contribution in [0.5, 0.6) is 0 Å². The fourth-order valence-electron chi connectivity index (χ4n) is 1.30. The SMILES string of the molecule is O=C(CCl)NCc1cc(C2CC2)n[nH]1. The summed E-state index contributed by atoms with van der Waals surface area (Å²) < 4.78 is 0. The minimum absolute atomic E-state index is 0.00359. The number of amides is 1. The van der Waals surface area contributed by atoms with Crippen molar-refractivity contribution in [3.63, 3.8) is 0 Å². The van der Waals surface area contributed by atoms with Gasteiger partial charge in [0, 0.05) is 5.92 Å². The van der Waals surface area contributed by atoms with E-state index in [1.165, 1.54) is 12.8 Å². The molecule has 0 atom stereocenters. The topological polar surface area (TPSA) is 57.8 Å². The summed E-state index contributed by atoms with van der Waals surface area (Å²) in [6.45, 7) is 0.477. The van der Waals surface area contributed by atoms with Gasteiger partial charge in [0.05, 0.1) is 17.9 Å². The van der Waals surface area contributed by atoms with Crippen molar-refractivity contribution in [2.75, 3.05) is 5.88 Å². The molecule has 1 heterocycles. The third kappa shape index (κ3) is 2.26. The van der Waals surface area contributed by atoms with E-state index in [2.05, 4.69) is 15.5 Å². The fraction of sp³-hybridized carbons (Fsp3) is 0.556. The summed E-state index contributed by atoms with van der Waals surface area (Å²) >= 11 is 5.35. The van der Waals surface area contributed by atoms with Gasteiger partial charge in [0.15, 0.2) is 0 Å². The first-order valence-electron chi connectivity index (χ1n) is 4.66. The van der Waals surface area contributed by atoms with Crippen LogP contribution < -0.4 is 5.32 Å². The lowest BCUT2D eigenvalue weighted by Gasteiger charge is -1.98. The van der Waals surface area contributed by atoms with Gasteiger partial charge in [-0.15, -0.1) is 11.6 Å². The number of alkyl halides is 1. The first-order valence-corrected chi connectivity index (χ1v) is 5.20. The van der Waals surface area contributed by atoms with Crippen LogP contribution >= 0.6 is 11.6 Å². The zero-order valence-corrected chi connectivity index (χ0v) is 8.47. The van der Waals surface area contributed by atoms with Crippen molar-refractivity contribution in [2.24, 2.45) is 0 Å². The molecular weight excluding hydrogens is 202 g/mol. The van der Waals surface area contributed by atoms with Gasteiger partial charge >= 0.3 is 0 Å². The zero-order valence-electron chi connectivity index (χ0n) is 7.72. The molecule has 2 rings (SSSR count). The van der Waals surface area contributed by atoms with Crippen molar-refractivity contribution in [2.45, 2.75) is 25.3 Å². The van der Waals surface area contributed by atoms with Crippen LogP contribution in [0.1, 0.15) is 30.1 Å². The summed E-state index contributed by atoms with van der Waals surface area (Å²) in [6.07, 6.45) is 2.47.